The van der Waals surface area contributed by atoms with E-state index in [0.717, 1.165) is 41.2 Å². The lowest BCUT2D eigenvalue weighted by molar-refractivity contribution is 0.846. The molecule has 142 valence electrons. The third-order valence-corrected chi connectivity index (χ3v) is 5.23. The highest BCUT2D eigenvalue weighted by Crippen LogP contribution is 2.33. The van der Waals surface area contributed by atoms with Crippen LogP contribution in [0, 0.1) is 13.8 Å². The Morgan fingerprint density at radius 3 is 2.50 bits per heavy atom. The molecular weight excluding hydrogens is 389 g/mol. The lowest BCUT2D eigenvalue weighted by Crippen LogP contribution is -2.10. The zero-order valence-corrected chi connectivity index (χ0v) is 17.4. The number of nitrogens with zero attached hydrogens (tertiary/aromatic N) is 3. The Kier molecular flexibility index (Phi) is 9.22. The first-order chi connectivity index (χ1) is 11.7. The van der Waals surface area contributed by atoms with Gasteiger partial charge in [0.15, 0.2) is 0 Å². The molecule has 0 atom stereocenters. The van der Waals surface area contributed by atoms with Gasteiger partial charge in [-0.2, -0.15) is 0 Å². The Labute approximate surface area is 170 Å². The van der Waals surface area contributed by atoms with Crippen molar-refractivity contribution in [3.05, 3.63) is 46.4 Å². The minimum atomic E-state index is 0. The van der Waals surface area contributed by atoms with Gasteiger partial charge in [0, 0.05) is 30.2 Å². The second-order valence-electron chi connectivity index (χ2n) is 5.88. The predicted molar refractivity (Wildman–Crippen MR) is 115 cm³/mol. The van der Waals surface area contributed by atoms with Gasteiger partial charge in [-0.15, -0.1) is 36.2 Å². The Morgan fingerprint density at radius 1 is 1.08 bits per heavy atom. The van der Waals surface area contributed by atoms with Crippen LogP contribution >= 0.6 is 36.2 Å². The lowest BCUT2D eigenvalue weighted by Gasteiger charge is -2.09. The molecule has 0 aliphatic rings. The highest BCUT2D eigenvalue weighted by Gasteiger charge is 2.14. The van der Waals surface area contributed by atoms with Crippen molar-refractivity contribution in [1.29, 1.82) is 0 Å². The summed E-state index contributed by atoms with van der Waals surface area (Å²) >= 11 is 1.73. The zero-order valence-electron chi connectivity index (χ0n) is 15.0. The molecule has 26 heavy (non-hydrogen) atoms. The molecular formula is C18H25Cl2N5S. The summed E-state index contributed by atoms with van der Waals surface area (Å²) in [4.78, 5) is 15.8. The third kappa shape index (κ3) is 5.27. The van der Waals surface area contributed by atoms with Crippen LogP contribution in [0.4, 0.5) is 5.82 Å². The summed E-state index contributed by atoms with van der Waals surface area (Å²) in [5, 5.41) is 4.66. The third-order valence-electron chi connectivity index (χ3n) is 4.13. The smallest absolute Gasteiger partial charge is 0.138 e. The van der Waals surface area contributed by atoms with E-state index in [-0.39, 0.29) is 24.8 Å². The number of nitrogens with two attached hydrogens (primary N) is 1. The molecule has 0 aromatic carbocycles. The van der Waals surface area contributed by atoms with Gasteiger partial charge in [0.25, 0.3) is 0 Å². The van der Waals surface area contributed by atoms with Gasteiger partial charge in [0.05, 0.1) is 5.39 Å². The molecule has 3 N–H and O–H groups in total. The molecule has 0 amide bonds. The van der Waals surface area contributed by atoms with Crippen LogP contribution in [0.25, 0.3) is 10.2 Å². The molecule has 0 unspecified atom stereocenters. The maximum absolute atomic E-state index is 5.67. The summed E-state index contributed by atoms with van der Waals surface area (Å²) in [7, 11) is 0. The molecule has 0 fully saturated rings. The van der Waals surface area contributed by atoms with Gasteiger partial charge in [-0.05, 0) is 56.5 Å². The summed E-state index contributed by atoms with van der Waals surface area (Å²) in [6.07, 6.45) is 6.46. The van der Waals surface area contributed by atoms with Gasteiger partial charge in [-0.3, -0.25) is 4.98 Å². The van der Waals surface area contributed by atoms with Crippen LogP contribution in [0.5, 0.6) is 0 Å². The Bertz CT molecular complexity index is 823. The maximum Gasteiger partial charge on any atom is 0.138 e. The molecule has 3 heterocycles. The fourth-order valence-corrected chi connectivity index (χ4v) is 3.76. The van der Waals surface area contributed by atoms with E-state index in [1.54, 1.807) is 11.3 Å². The number of aryl methyl sites for hydroxylation is 3. The van der Waals surface area contributed by atoms with Crippen LogP contribution in [-0.4, -0.2) is 28.0 Å². The highest BCUT2D eigenvalue weighted by molar-refractivity contribution is 7.18. The van der Waals surface area contributed by atoms with Crippen molar-refractivity contribution in [3.63, 3.8) is 0 Å². The van der Waals surface area contributed by atoms with Crippen LogP contribution in [0.3, 0.4) is 0 Å². The van der Waals surface area contributed by atoms with Gasteiger partial charge in [0.2, 0.25) is 0 Å². The number of thiophene rings is 1. The van der Waals surface area contributed by atoms with E-state index >= 15 is 0 Å². The van der Waals surface area contributed by atoms with E-state index in [2.05, 4.69) is 41.3 Å². The molecule has 0 spiro atoms. The van der Waals surface area contributed by atoms with Crippen molar-refractivity contribution >= 4 is 52.2 Å². The normalized spacial score (nSPS) is 10.3. The number of nitrogens with one attached hydrogen (secondary N) is 1. The Balaban J connectivity index is 0.00000169. The van der Waals surface area contributed by atoms with Crippen LogP contribution in [0.1, 0.15) is 28.2 Å². The molecule has 3 aromatic heterocycles. The molecule has 0 aliphatic carbocycles. The first-order valence-corrected chi connectivity index (χ1v) is 9.10. The van der Waals surface area contributed by atoms with Gasteiger partial charge in [-0.1, -0.05) is 0 Å². The van der Waals surface area contributed by atoms with E-state index in [9.17, 15) is 0 Å². The second kappa shape index (κ2) is 10.6. The van der Waals surface area contributed by atoms with Crippen LogP contribution in [-0.2, 0) is 12.8 Å². The molecule has 0 radical (unpaired) electrons. The average Bonchev–Trinajstić information content (AvgIpc) is 2.87. The number of halogens is 2. The van der Waals surface area contributed by atoms with Crippen molar-refractivity contribution in [2.75, 3.05) is 18.4 Å². The summed E-state index contributed by atoms with van der Waals surface area (Å²) in [6, 6.07) is 4.13. The molecule has 0 saturated heterocycles. The second-order valence-corrected chi connectivity index (χ2v) is 7.08. The van der Waals surface area contributed by atoms with Gasteiger partial charge in [0.1, 0.15) is 16.5 Å². The molecule has 8 heteroatoms. The SMILES string of the molecule is Cc1sc2nc(CCN)nc(NCCCc3ccncc3)c2c1C.Cl.Cl. The topological polar surface area (TPSA) is 76.7 Å². The van der Waals surface area contributed by atoms with Crippen molar-refractivity contribution in [3.8, 4) is 0 Å². The lowest BCUT2D eigenvalue weighted by atomic mass is 10.1. The zero-order chi connectivity index (χ0) is 16.9. The van der Waals surface area contributed by atoms with Crippen LogP contribution in [0.15, 0.2) is 24.5 Å². The van der Waals surface area contributed by atoms with Crippen molar-refractivity contribution < 1.29 is 0 Å². The average molecular weight is 414 g/mol. The van der Waals surface area contributed by atoms with Gasteiger partial charge in [-0.25, -0.2) is 9.97 Å². The molecule has 0 bridgehead atoms. The molecule has 0 saturated carbocycles. The summed E-state index contributed by atoms with van der Waals surface area (Å²) in [5.41, 5.74) is 8.25. The number of rotatable bonds is 7. The minimum Gasteiger partial charge on any atom is -0.369 e. The summed E-state index contributed by atoms with van der Waals surface area (Å²) < 4.78 is 0. The van der Waals surface area contributed by atoms with E-state index in [4.69, 9.17) is 10.7 Å². The fourth-order valence-electron chi connectivity index (χ4n) is 2.71. The quantitative estimate of drug-likeness (QED) is 0.570. The number of pyridine rings is 1. The van der Waals surface area contributed by atoms with E-state index in [1.165, 1.54) is 16.0 Å². The molecule has 5 nitrogen and oxygen atoms in total. The number of anilines is 1. The van der Waals surface area contributed by atoms with Crippen molar-refractivity contribution in [2.45, 2.75) is 33.1 Å². The standard InChI is InChI=1S/C18H23N5S.2ClH/c1-12-13(2)24-18-16(12)17(22-15(23-18)5-8-19)21-9-3-4-14-6-10-20-11-7-14;;/h6-7,10-11H,3-5,8-9,19H2,1-2H3,(H,21,22,23);2*1H. The number of hydrogen-bond donors (Lipinski definition) is 2. The monoisotopic (exact) mass is 413 g/mol. The van der Waals surface area contributed by atoms with E-state index in [0.29, 0.717) is 13.0 Å². The highest BCUT2D eigenvalue weighted by atomic mass is 35.5. The number of aromatic nitrogens is 3. The first-order valence-electron chi connectivity index (χ1n) is 8.28. The van der Waals surface area contributed by atoms with Crippen LogP contribution in [0.2, 0.25) is 0 Å². The molecule has 3 rings (SSSR count). The number of fused-ring (bicyclic) bond motifs is 1. The summed E-state index contributed by atoms with van der Waals surface area (Å²) in [5.74, 6) is 1.77. The summed E-state index contributed by atoms with van der Waals surface area (Å²) in [6.45, 7) is 5.72. The predicted octanol–water partition coefficient (Wildman–Crippen LogP) is 4.09. The largest absolute Gasteiger partial charge is 0.369 e. The van der Waals surface area contributed by atoms with Crippen molar-refractivity contribution in [2.24, 2.45) is 5.73 Å². The Morgan fingerprint density at radius 2 is 1.81 bits per heavy atom. The molecule has 3 aromatic rings. The molecule has 0 aliphatic heterocycles. The van der Waals surface area contributed by atoms with Gasteiger partial charge >= 0.3 is 0 Å². The Hall–Kier alpha value is -1.47. The fraction of sp³-hybridized carbons (Fsp3) is 0.389. The number of hydrogen-bond acceptors (Lipinski definition) is 6. The van der Waals surface area contributed by atoms with E-state index in [1.807, 2.05) is 12.4 Å². The van der Waals surface area contributed by atoms with E-state index < -0.39 is 0 Å². The van der Waals surface area contributed by atoms with Gasteiger partial charge < -0.3 is 11.1 Å². The van der Waals surface area contributed by atoms with Crippen LogP contribution < -0.4 is 11.1 Å². The minimum absolute atomic E-state index is 0. The first kappa shape index (κ1) is 22.6. The van der Waals surface area contributed by atoms with Crippen molar-refractivity contribution in [1.82, 2.24) is 15.0 Å². The maximum atomic E-state index is 5.67.